The second-order valence-electron chi connectivity index (χ2n) is 6.70. The van der Waals surface area contributed by atoms with Crippen molar-refractivity contribution in [3.63, 3.8) is 0 Å². The zero-order valence-electron chi connectivity index (χ0n) is 15.3. The molecule has 0 unspecified atom stereocenters. The van der Waals surface area contributed by atoms with Gasteiger partial charge in [0.25, 0.3) is 0 Å². The van der Waals surface area contributed by atoms with Crippen LogP contribution in [0.4, 0.5) is 11.4 Å². The minimum absolute atomic E-state index is 0.0290. The molecule has 2 aromatic heterocycles. The molecule has 0 aliphatic rings. The Morgan fingerprint density at radius 1 is 0.600 bits per heavy atom. The van der Waals surface area contributed by atoms with Crippen molar-refractivity contribution in [2.45, 2.75) is 0 Å². The van der Waals surface area contributed by atoms with Crippen LogP contribution in [0.3, 0.4) is 0 Å². The summed E-state index contributed by atoms with van der Waals surface area (Å²) in [4.78, 5) is 22.1. The third-order valence-corrected chi connectivity index (χ3v) is 9.63. The van der Waals surface area contributed by atoms with E-state index >= 15 is 0 Å². The van der Waals surface area contributed by atoms with Crippen molar-refractivity contribution in [1.29, 1.82) is 0 Å². The number of fused-ring (bicyclic) bond motifs is 2. The zero-order valence-corrected chi connectivity index (χ0v) is 18.7. The summed E-state index contributed by atoms with van der Waals surface area (Å²) in [5.74, 6) is 0. The number of para-hydroxylation sites is 2. The fraction of sp³-hybridized carbons (Fsp3) is 0. The van der Waals surface area contributed by atoms with Crippen molar-refractivity contribution < 1.29 is 9.85 Å². The van der Waals surface area contributed by atoms with E-state index in [1.54, 1.807) is 24.3 Å². The van der Waals surface area contributed by atoms with Crippen LogP contribution < -0.4 is 0 Å². The number of hydrogen-bond donors (Lipinski definition) is 0. The van der Waals surface area contributed by atoms with Crippen molar-refractivity contribution in [2.75, 3.05) is 0 Å². The second-order valence-corrected chi connectivity index (χ2v) is 11.2. The average Bonchev–Trinajstić information content (AvgIpc) is 3.34. The normalized spacial score (nSPS) is 11.2. The van der Waals surface area contributed by atoms with Gasteiger partial charge >= 0.3 is 183 Å². The molecule has 0 bridgehead atoms. The molecule has 0 atom stereocenters. The Kier molecular flexibility index (Phi) is 4.64. The van der Waals surface area contributed by atoms with E-state index in [1.807, 2.05) is 24.3 Å². The molecule has 2 heterocycles. The Bertz CT molecular complexity index is 1310. The van der Waals surface area contributed by atoms with Gasteiger partial charge in [-0.2, -0.15) is 0 Å². The van der Waals surface area contributed by atoms with E-state index in [4.69, 9.17) is 0 Å². The summed E-state index contributed by atoms with van der Waals surface area (Å²) in [5, 5.41) is 25.0. The fourth-order valence-corrected chi connectivity index (χ4v) is 8.25. The number of rotatable bonds is 4. The fourth-order valence-electron chi connectivity index (χ4n) is 3.52. The van der Waals surface area contributed by atoms with Crippen LogP contribution in [-0.4, -0.2) is 38.9 Å². The maximum atomic E-state index is 11.4. The van der Waals surface area contributed by atoms with E-state index in [-0.39, 0.29) is 50.2 Å². The van der Waals surface area contributed by atoms with Crippen LogP contribution in [0, 0.1) is 20.2 Å². The van der Waals surface area contributed by atoms with Crippen molar-refractivity contribution in [3.05, 3.63) is 93.0 Å². The number of nitro benzene ring substituents is 2. The molecule has 3 aromatic carbocycles. The Morgan fingerprint density at radius 3 is 1.40 bits per heavy atom. The molecular formula is C22H12N2O4Se2. The Balaban J connectivity index is 1.64. The van der Waals surface area contributed by atoms with Crippen molar-refractivity contribution >= 4 is 59.7 Å². The summed E-state index contributed by atoms with van der Waals surface area (Å²) in [6, 6.07) is 22.1. The predicted octanol–water partition coefficient (Wildman–Crippen LogP) is 5.26. The van der Waals surface area contributed by atoms with Crippen LogP contribution in [0.15, 0.2) is 72.8 Å². The van der Waals surface area contributed by atoms with Crippen LogP contribution in [0.2, 0.25) is 0 Å². The molecular weight excluding hydrogens is 514 g/mol. The van der Waals surface area contributed by atoms with Gasteiger partial charge in [-0.05, 0) is 0 Å². The Hall–Kier alpha value is -3.02. The Labute approximate surface area is 182 Å². The van der Waals surface area contributed by atoms with Gasteiger partial charge in [-0.25, -0.2) is 0 Å². The van der Waals surface area contributed by atoms with Gasteiger partial charge < -0.3 is 0 Å². The summed E-state index contributed by atoms with van der Waals surface area (Å²) < 4.78 is 4.38. The van der Waals surface area contributed by atoms with Crippen LogP contribution in [0.5, 0.6) is 0 Å². The van der Waals surface area contributed by atoms with Crippen LogP contribution in [0.25, 0.3) is 39.3 Å². The van der Waals surface area contributed by atoms with Crippen molar-refractivity contribution in [2.24, 2.45) is 0 Å². The van der Waals surface area contributed by atoms with Gasteiger partial charge in [0.15, 0.2) is 0 Å². The van der Waals surface area contributed by atoms with Gasteiger partial charge in [-0.15, -0.1) is 0 Å². The second kappa shape index (κ2) is 7.34. The molecule has 0 amide bonds. The van der Waals surface area contributed by atoms with Gasteiger partial charge in [-0.3, -0.25) is 0 Å². The molecule has 6 nitrogen and oxygen atoms in total. The molecule has 146 valence electrons. The first kappa shape index (κ1) is 19.0. The van der Waals surface area contributed by atoms with E-state index in [1.165, 1.54) is 8.52 Å². The summed E-state index contributed by atoms with van der Waals surface area (Å²) in [5.41, 5.74) is 1.63. The SMILES string of the molecule is O=[N+]([O-])c1ccccc1-c1cc2cc3[se]c(-c4ccccc4[N+](=O)[O-])cc3cc2[se]1. The maximum absolute atomic E-state index is 11.4. The molecule has 0 aliphatic heterocycles. The van der Waals surface area contributed by atoms with Crippen molar-refractivity contribution in [1.82, 2.24) is 0 Å². The first-order valence-electron chi connectivity index (χ1n) is 8.96. The van der Waals surface area contributed by atoms with E-state index in [2.05, 4.69) is 24.3 Å². The molecule has 8 heteroatoms. The van der Waals surface area contributed by atoms with E-state index in [0.29, 0.717) is 11.1 Å². The number of nitrogens with zero attached hydrogens (tertiary/aromatic N) is 2. The number of hydrogen-bond acceptors (Lipinski definition) is 4. The molecule has 0 N–H and O–H groups in total. The first-order valence-corrected chi connectivity index (χ1v) is 12.4. The van der Waals surface area contributed by atoms with Crippen LogP contribution in [-0.2, 0) is 0 Å². The van der Waals surface area contributed by atoms with Crippen LogP contribution >= 0.6 is 0 Å². The van der Waals surface area contributed by atoms with Gasteiger partial charge in [0.2, 0.25) is 0 Å². The summed E-state index contributed by atoms with van der Waals surface area (Å²) in [7, 11) is 0. The minimum atomic E-state index is -0.333. The molecule has 5 rings (SSSR count). The number of nitro groups is 2. The number of benzene rings is 3. The van der Waals surface area contributed by atoms with E-state index in [9.17, 15) is 20.2 Å². The molecule has 30 heavy (non-hydrogen) atoms. The summed E-state index contributed by atoms with van der Waals surface area (Å²) in [6.07, 6.45) is 0. The molecule has 0 spiro atoms. The van der Waals surface area contributed by atoms with E-state index < -0.39 is 0 Å². The zero-order chi connectivity index (χ0) is 20.8. The van der Waals surface area contributed by atoms with E-state index in [0.717, 1.165) is 19.6 Å². The molecule has 0 fully saturated rings. The van der Waals surface area contributed by atoms with Gasteiger partial charge in [-0.1, -0.05) is 0 Å². The first-order chi connectivity index (χ1) is 14.5. The molecule has 5 aromatic rings. The standard InChI is InChI=1S/C22H12N2O4Se2/c25-23(26)17-7-3-1-5-15(17)21-11-13-9-20-14(10-19(13)29-21)12-22(30-20)16-6-2-4-8-18(16)24(27)28/h1-12H. The topological polar surface area (TPSA) is 86.3 Å². The summed E-state index contributed by atoms with van der Waals surface area (Å²) in [6.45, 7) is 0. The Morgan fingerprint density at radius 2 is 1.00 bits per heavy atom. The third-order valence-electron chi connectivity index (χ3n) is 4.89. The third kappa shape index (κ3) is 3.20. The van der Waals surface area contributed by atoms with Crippen LogP contribution in [0.1, 0.15) is 0 Å². The summed E-state index contributed by atoms with van der Waals surface area (Å²) >= 11 is -0.0579. The van der Waals surface area contributed by atoms with Gasteiger partial charge in [0.05, 0.1) is 0 Å². The predicted molar refractivity (Wildman–Crippen MR) is 120 cm³/mol. The van der Waals surface area contributed by atoms with Gasteiger partial charge in [0, 0.05) is 0 Å². The molecule has 0 saturated heterocycles. The quantitative estimate of drug-likeness (QED) is 0.182. The van der Waals surface area contributed by atoms with Gasteiger partial charge in [0.1, 0.15) is 0 Å². The molecule has 0 radical (unpaired) electrons. The monoisotopic (exact) mass is 528 g/mol. The van der Waals surface area contributed by atoms with Crippen molar-refractivity contribution in [3.8, 4) is 20.0 Å². The molecule has 0 saturated carbocycles. The average molecular weight is 526 g/mol. The molecule has 0 aliphatic carbocycles.